The van der Waals surface area contributed by atoms with Gasteiger partial charge in [0.2, 0.25) is 5.91 Å². The molecule has 1 aliphatic rings. The molecule has 5 nitrogen and oxygen atoms in total. The molecule has 22 heavy (non-hydrogen) atoms. The second-order valence-corrected chi connectivity index (χ2v) is 5.68. The number of hydrogen-bond donors (Lipinski definition) is 2. The molecule has 6 heteroatoms. The van der Waals surface area contributed by atoms with E-state index in [0.29, 0.717) is 25.6 Å². The molecule has 3 N–H and O–H groups in total. The van der Waals surface area contributed by atoms with Crippen LogP contribution in [0.25, 0.3) is 0 Å². The number of nitrogens with zero attached hydrogens (tertiary/aromatic N) is 1. The molecule has 0 bridgehead atoms. The molecule has 1 amide bonds. The molecule has 2 unspecified atom stereocenters. The van der Waals surface area contributed by atoms with Crippen LogP contribution in [0.1, 0.15) is 13.3 Å². The number of rotatable bonds is 6. The minimum atomic E-state index is 0. The molecular formula is C16H26ClN3O2. The van der Waals surface area contributed by atoms with Crippen LogP contribution >= 0.6 is 12.4 Å². The van der Waals surface area contributed by atoms with Gasteiger partial charge in [-0.25, -0.2) is 0 Å². The van der Waals surface area contributed by atoms with Gasteiger partial charge in [-0.15, -0.1) is 12.4 Å². The molecule has 1 fully saturated rings. The third kappa shape index (κ3) is 6.22. The zero-order chi connectivity index (χ0) is 15.1. The van der Waals surface area contributed by atoms with Crippen LogP contribution in [0.2, 0.25) is 0 Å². The summed E-state index contributed by atoms with van der Waals surface area (Å²) in [6.45, 7) is 5.40. The number of nitrogens with two attached hydrogens (primary N) is 1. The second-order valence-electron chi connectivity index (χ2n) is 5.68. The summed E-state index contributed by atoms with van der Waals surface area (Å²) in [6.07, 6.45) is 0.964. The van der Waals surface area contributed by atoms with Gasteiger partial charge in [0, 0.05) is 19.1 Å². The van der Waals surface area contributed by atoms with Crippen molar-refractivity contribution in [3.63, 3.8) is 0 Å². The molecule has 0 spiro atoms. The van der Waals surface area contributed by atoms with Gasteiger partial charge in [-0.1, -0.05) is 25.1 Å². The summed E-state index contributed by atoms with van der Waals surface area (Å²) < 4.78 is 5.53. The number of para-hydroxylation sites is 1. The third-order valence-electron chi connectivity index (χ3n) is 3.86. The standard InChI is InChI=1S/C16H25N3O2.ClH/c1-13-11-19(9-7-15(13)17)12-16(20)18-8-10-21-14-5-3-2-4-6-14;/h2-6,13,15H,7-12,17H2,1H3,(H,18,20);1H. The van der Waals surface area contributed by atoms with E-state index in [-0.39, 0.29) is 24.4 Å². The quantitative estimate of drug-likeness (QED) is 0.772. The lowest BCUT2D eigenvalue weighted by molar-refractivity contribution is -0.122. The smallest absolute Gasteiger partial charge is 0.234 e. The third-order valence-corrected chi connectivity index (χ3v) is 3.86. The van der Waals surface area contributed by atoms with Crippen LogP contribution in [0.4, 0.5) is 0 Å². The number of carbonyl (C=O) groups excluding carboxylic acids is 1. The van der Waals surface area contributed by atoms with Crippen molar-refractivity contribution in [1.82, 2.24) is 10.2 Å². The molecule has 2 atom stereocenters. The van der Waals surface area contributed by atoms with E-state index in [1.807, 2.05) is 30.3 Å². The highest BCUT2D eigenvalue weighted by Gasteiger charge is 2.24. The maximum Gasteiger partial charge on any atom is 0.234 e. The van der Waals surface area contributed by atoms with Gasteiger partial charge in [-0.3, -0.25) is 9.69 Å². The molecule has 0 radical (unpaired) electrons. The van der Waals surface area contributed by atoms with Gasteiger partial charge in [-0.05, 0) is 24.5 Å². The van der Waals surface area contributed by atoms with Crippen molar-refractivity contribution in [3.8, 4) is 5.75 Å². The highest BCUT2D eigenvalue weighted by Crippen LogP contribution is 2.14. The average Bonchev–Trinajstić information content (AvgIpc) is 2.49. The first-order valence-corrected chi connectivity index (χ1v) is 7.57. The number of amides is 1. The molecule has 0 aromatic heterocycles. The van der Waals surface area contributed by atoms with Gasteiger partial charge >= 0.3 is 0 Å². The Bertz CT molecular complexity index is 444. The summed E-state index contributed by atoms with van der Waals surface area (Å²) in [7, 11) is 0. The van der Waals surface area contributed by atoms with E-state index in [4.69, 9.17) is 10.5 Å². The summed E-state index contributed by atoms with van der Waals surface area (Å²) in [5.74, 6) is 1.33. The highest BCUT2D eigenvalue weighted by atomic mass is 35.5. The van der Waals surface area contributed by atoms with Crippen LogP contribution in [0.15, 0.2) is 30.3 Å². The van der Waals surface area contributed by atoms with E-state index in [2.05, 4.69) is 17.1 Å². The Hall–Kier alpha value is -1.30. The topological polar surface area (TPSA) is 67.6 Å². The number of likely N-dealkylation sites (tertiary alicyclic amines) is 1. The Balaban J connectivity index is 0.00000242. The van der Waals surface area contributed by atoms with Crippen molar-refractivity contribution in [2.45, 2.75) is 19.4 Å². The number of piperidine rings is 1. The Morgan fingerprint density at radius 3 is 2.82 bits per heavy atom. The first-order valence-electron chi connectivity index (χ1n) is 7.57. The zero-order valence-electron chi connectivity index (χ0n) is 13.0. The van der Waals surface area contributed by atoms with Gasteiger partial charge in [-0.2, -0.15) is 0 Å². The Kier molecular flexibility index (Phi) is 8.24. The van der Waals surface area contributed by atoms with Gasteiger partial charge < -0.3 is 15.8 Å². The molecule has 1 heterocycles. The van der Waals surface area contributed by atoms with Gasteiger partial charge in [0.15, 0.2) is 0 Å². The summed E-state index contributed by atoms with van der Waals surface area (Å²) in [5.41, 5.74) is 5.98. The lowest BCUT2D eigenvalue weighted by Crippen LogP contribution is -2.49. The number of hydrogen-bond acceptors (Lipinski definition) is 4. The van der Waals surface area contributed by atoms with Crippen molar-refractivity contribution < 1.29 is 9.53 Å². The summed E-state index contributed by atoms with van der Waals surface area (Å²) in [6, 6.07) is 9.87. The van der Waals surface area contributed by atoms with Crippen molar-refractivity contribution >= 4 is 18.3 Å². The molecule has 124 valence electrons. The van der Waals surface area contributed by atoms with E-state index in [0.717, 1.165) is 25.3 Å². The van der Waals surface area contributed by atoms with Crippen molar-refractivity contribution in [3.05, 3.63) is 30.3 Å². The number of carbonyl (C=O) groups is 1. The number of halogens is 1. The molecule has 1 aliphatic heterocycles. The van der Waals surface area contributed by atoms with Crippen LogP contribution in [0.3, 0.4) is 0 Å². The van der Waals surface area contributed by atoms with Gasteiger partial charge in [0.05, 0.1) is 13.1 Å². The van der Waals surface area contributed by atoms with E-state index >= 15 is 0 Å². The Morgan fingerprint density at radius 2 is 2.14 bits per heavy atom. The average molecular weight is 328 g/mol. The lowest BCUT2D eigenvalue weighted by atomic mass is 9.95. The summed E-state index contributed by atoms with van der Waals surface area (Å²) in [4.78, 5) is 14.0. The molecule has 1 aromatic rings. The zero-order valence-corrected chi connectivity index (χ0v) is 13.8. The monoisotopic (exact) mass is 327 g/mol. The second kappa shape index (κ2) is 9.66. The van der Waals surface area contributed by atoms with Gasteiger partial charge in [0.25, 0.3) is 0 Å². The molecule has 0 aliphatic carbocycles. The van der Waals surface area contributed by atoms with Crippen LogP contribution in [-0.4, -0.2) is 49.6 Å². The number of benzene rings is 1. The predicted molar refractivity (Wildman–Crippen MR) is 90.4 cm³/mol. The summed E-state index contributed by atoms with van der Waals surface area (Å²) >= 11 is 0. The van der Waals surface area contributed by atoms with Crippen molar-refractivity contribution in [2.75, 3.05) is 32.8 Å². The minimum Gasteiger partial charge on any atom is -0.492 e. The van der Waals surface area contributed by atoms with E-state index in [1.54, 1.807) is 0 Å². The highest BCUT2D eigenvalue weighted by molar-refractivity contribution is 5.85. The fraction of sp³-hybridized carbons (Fsp3) is 0.562. The van der Waals surface area contributed by atoms with Crippen molar-refractivity contribution in [1.29, 1.82) is 0 Å². The fourth-order valence-corrected chi connectivity index (χ4v) is 2.53. The maximum absolute atomic E-state index is 11.9. The molecule has 2 rings (SSSR count). The number of ether oxygens (including phenoxy) is 1. The lowest BCUT2D eigenvalue weighted by Gasteiger charge is -2.34. The predicted octanol–water partition coefficient (Wildman–Crippen LogP) is 1.27. The SMILES string of the molecule is CC1CN(CC(=O)NCCOc2ccccc2)CCC1N.Cl. The van der Waals surface area contributed by atoms with Crippen LogP contribution < -0.4 is 15.8 Å². The van der Waals surface area contributed by atoms with Gasteiger partial charge in [0.1, 0.15) is 12.4 Å². The first kappa shape index (κ1) is 18.7. The van der Waals surface area contributed by atoms with Crippen LogP contribution in [0.5, 0.6) is 5.75 Å². The Morgan fingerprint density at radius 1 is 1.41 bits per heavy atom. The first-order chi connectivity index (χ1) is 10.1. The van der Waals surface area contributed by atoms with E-state index in [9.17, 15) is 4.79 Å². The van der Waals surface area contributed by atoms with E-state index < -0.39 is 0 Å². The van der Waals surface area contributed by atoms with Crippen LogP contribution in [-0.2, 0) is 4.79 Å². The summed E-state index contributed by atoms with van der Waals surface area (Å²) in [5, 5.41) is 2.89. The fourth-order valence-electron chi connectivity index (χ4n) is 2.53. The van der Waals surface area contributed by atoms with Crippen molar-refractivity contribution in [2.24, 2.45) is 11.7 Å². The Labute approximate surface area is 138 Å². The molecule has 1 saturated heterocycles. The molecular weight excluding hydrogens is 302 g/mol. The molecule has 1 aromatic carbocycles. The largest absolute Gasteiger partial charge is 0.492 e. The molecule has 0 saturated carbocycles. The normalized spacial score (nSPS) is 21.7. The van der Waals surface area contributed by atoms with E-state index in [1.165, 1.54) is 0 Å². The maximum atomic E-state index is 11.9. The van der Waals surface area contributed by atoms with Crippen LogP contribution in [0, 0.1) is 5.92 Å². The number of nitrogens with one attached hydrogen (secondary N) is 1. The minimum absolute atomic E-state index is 0.